The van der Waals surface area contributed by atoms with Crippen LogP contribution in [0.4, 0.5) is 0 Å². The van der Waals surface area contributed by atoms with Crippen LogP contribution in [0.15, 0.2) is 34.9 Å². The van der Waals surface area contributed by atoms with E-state index in [1.165, 1.54) is 11.1 Å². The highest BCUT2D eigenvalue weighted by atomic mass is 16.5. The molecule has 0 bridgehead atoms. The maximum Gasteiger partial charge on any atom is 0.133 e. The first kappa shape index (κ1) is 16.7. The molecule has 0 atom stereocenters. The van der Waals surface area contributed by atoms with Crippen molar-refractivity contribution in [2.24, 2.45) is 0 Å². The maximum absolute atomic E-state index is 9.77. The molecule has 0 aliphatic rings. The van der Waals surface area contributed by atoms with E-state index < -0.39 is 5.60 Å². The van der Waals surface area contributed by atoms with Crippen LogP contribution in [-0.4, -0.2) is 27.8 Å². The van der Waals surface area contributed by atoms with Crippen molar-refractivity contribution in [3.05, 3.63) is 52.9 Å². The molecule has 2 rings (SSSR count). The Morgan fingerprint density at radius 1 is 1.14 bits per heavy atom. The first-order valence-corrected chi connectivity index (χ1v) is 7.73. The van der Waals surface area contributed by atoms with Gasteiger partial charge in [0, 0.05) is 19.2 Å². The fourth-order valence-corrected chi connectivity index (χ4v) is 2.40. The van der Waals surface area contributed by atoms with Gasteiger partial charge < -0.3 is 9.63 Å². The summed E-state index contributed by atoms with van der Waals surface area (Å²) in [5.41, 5.74) is 2.89. The minimum atomic E-state index is -0.603. The number of hydrogen-bond donors (Lipinski definition) is 1. The highest BCUT2D eigenvalue weighted by Crippen LogP contribution is 2.15. The minimum Gasteiger partial charge on any atom is -0.390 e. The van der Waals surface area contributed by atoms with Gasteiger partial charge >= 0.3 is 0 Å². The molecule has 4 heteroatoms. The van der Waals surface area contributed by atoms with Gasteiger partial charge in [-0.15, -0.1) is 0 Å². The molecule has 120 valence electrons. The SMILES string of the molecule is Cc1cc(CN(C)Cc2ccc(CCC(C)(C)O)cc2)no1. The van der Waals surface area contributed by atoms with Crippen LogP contribution in [0, 0.1) is 6.92 Å². The van der Waals surface area contributed by atoms with Crippen LogP contribution in [0.25, 0.3) is 0 Å². The Morgan fingerprint density at radius 2 is 1.77 bits per heavy atom. The first-order valence-electron chi connectivity index (χ1n) is 7.73. The minimum absolute atomic E-state index is 0.603. The zero-order valence-electron chi connectivity index (χ0n) is 14.0. The molecular formula is C18H26N2O2. The Hall–Kier alpha value is -1.65. The van der Waals surface area contributed by atoms with Gasteiger partial charge in [-0.3, -0.25) is 4.90 Å². The second-order valence-corrected chi connectivity index (χ2v) is 6.73. The van der Waals surface area contributed by atoms with Crippen molar-refractivity contribution >= 4 is 0 Å². The second kappa shape index (κ2) is 7.07. The largest absolute Gasteiger partial charge is 0.390 e. The lowest BCUT2D eigenvalue weighted by atomic mass is 9.98. The summed E-state index contributed by atoms with van der Waals surface area (Å²) in [6, 6.07) is 10.6. The number of aliphatic hydroxyl groups is 1. The normalized spacial score (nSPS) is 12.1. The fourth-order valence-electron chi connectivity index (χ4n) is 2.40. The van der Waals surface area contributed by atoms with E-state index in [9.17, 15) is 5.11 Å². The molecule has 1 N–H and O–H groups in total. The van der Waals surface area contributed by atoms with E-state index in [1.807, 2.05) is 26.8 Å². The molecule has 0 aliphatic carbocycles. The number of rotatable bonds is 7. The average molecular weight is 302 g/mol. The van der Waals surface area contributed by atoms with E-state index in [-0.39, 0.29) is 0 Å². The number of benzene rings is 1. The molecule has 0 radical (unpaired) electrons. The van der Waals surface area contributed by atoms with Gasteiger partial charge in [-0.05, 0) is 51.8 Å². The molecule has 22 heavy (non-hydrogen) atoms. The number of nitrogens with zero attached hydrogens (tertiary/aromatic N) is 2. The average Bonchev–Trinajstić information content (AvgIpc) is 2.82. The van der Waals surface area contributed by atoms with E-state index in [2.05, 4.69) is 41.4 Å². The van der Waals surface area contributed by atoms with E-state index in [4.69, 9.17) is 4.52 Å². The van der Waals surface area contributed by atoms with Crippen molar-refractivity contribution in [1.29, 1.82) is 0 Å². The summed E-state index contributed by atoms with van der Waals surface area (Å²) < 4.78 is 5.09. The summed E-state index contributed by atoms with van der Waals surface area (Å²) >= 11 is 0. The lowest BCUT2D eigenvalue weighted by Gasteiger charge is -2.17. The lowest BCUT2D eigenvalue weighted by molar-refractivity contribution is 0.0714. The molecule has 0 saturated heterocycles. The van der Waals surface area contributed by atoms with Crippen LogP contribution in [0.2, 0.25) is 0 Å². The monoisotopic (exact) mass is 302 g/mol. The number of aromatic nitrogens is 1. The molecule has 0 saturated carbocycles. The maximum atomic E-state index is 9.77. The quantitative estimate of drug-likeness (QED) is 0.852. The Labute approximate surface area is 132 Å². The summed E-state index contributed by atoms with van der Waals surface area (Å²) in [6.45, 7) is 7.25. The van der Waals surface area contributed by atoms with Gasteiger partial charge in [0.1, 0.15) is 5.76 Å². The van der Waals surface area contributed by atoms with Crippen LogP contribution in [0.3, 0.4) is 0 Å². The molecule has 1 aromatic carbocycles. The molecule has 2 aromatic rings. The van der Waals surface area contributed by atoms with Gasteiger partial charge in [0.2, 0.25) is 0 Å². The van der Waals surface area contributed by atoms with Gasteiger partial charge in [0.05, 0.1) is 11.3 Å². The van der Waals surface area contributed by atoms with Crippen molar-refractivity contribution in [1.82, 2.24) is 10.1 Å². The molecule has 0 unspecified atom stereocenters. The molecule has 0 aliphatic heterocycles. The molecule has 1 aromatic heterocycles. The first-order chi connectivity index (χ1) is 10.3. The zero-order valence-corrected chi connectivity index (χ0v) is 14.0. The Morgan fingerprint density at radius 3 is 2.32 bits per heavy atom. The van der Waals surface area contributed by atoms with Crippen molar-refractivity contribution in [2.75, 3.05) is 7.05 Å². The molecular weight excluding hydrogens is 276 g/mol. The van der Waals surface area contributed by atoms with Crippen LogP contribution < -0.4 is 0 Å². The third kappa shape index (κ3) is 5.62. The molecule has 4 nitrogen and oxygen atoms in total. The van der Waals surface area contributed by atoms with Gasteiger partial charge in [0.25, 0.3) is 0 Å². The Bertz CT molecular complexity index is 582. The van der Waals surface area contributed by atoms with Gasteiger partial charge in [0.15, 0.2) is 0 Å². The lowest BCUT2D eigenvalue weighted by Crippen LogP contribution is -2.19. The fraction of sp³-hybridized carbons (Fsp3) is 0.500. The van der Waals surface area contributed by atoms with E-state index in [0.29, 0.717) is 0 Å². The van der Waals surface area contributed by atoms with Crippen molar-refractivity contribution in [3.63, 3.8) is 0 Å². The van der Waals surface area contributed by atoms with Gasteiger partial charge in [-0.2, -0.15) is 0 Å². The third-order valence-corrected chi connectivity index (χ3v) is 3.61. The van der Waals surface area contributed by atoms with Crippen molar-refractivity contribution in [2.45, 2.75) is 52.3 Å². The molecule has 0 fully saturated rings. The standard InChI is InChI=1S/C18H26N2O2/c1-14-11-17(19-22-14)13-20(4)12-16-7-5-15(6-8-16)9-10-18(2,3)21/h5-8,11,21H,9-10,12-13H2,1-4H3. The van der Waals surface area contributed by atoms with Crippen molar-refractivity contribution < 1.29 is 9.63 Å². The van der Waals surface area contributed by atoms with Gasteiger partial charge in [-0.25, -0.2) is 0 Å². The molecule has 1 heterocycles. The second-order valence-electron chi connectivity index (χ2n) is 6.73. The summed E-state index contributed by atoms with van der Waals surface area (Å²) in [5.74, 6) is 0.847. The third-order valence-electron chi connectivity index (χ3n) is 3.61. The van der Waals surface area contributed by atoms with Crippen LogP contribution in [0.5, 0.6) is 0 Å². The highest BCUT2D eigenvalue weighted by molar-refractivity contribution is 5.22. The van der Waals surface area contributed by atoms with Crippen molar-refractivity contribution in [3.8, 4) is 0 Å². The summed E-state index contributed by atoms with van der Waals surface area (Å²) in [5, 5.41) is 13.8. The van der Waals surface area contributed by atoms with Crippen LogP contribution in [-0.2, 0) is 19.5 Å². The highest BCUT2D eigenvalue weighted by Gasteiger charge is 2.12. The van der Waals surface area contributed by atoms with Gasteiger partial charge in [-0.1, -0.05) is 29.4 Å². The van der Waals surface area contributed by atoms with E-state index >= 15 is 0 Å². The van der Waals surface area contributed by atoms with Crippen LogP contribution in [0.1, 0.15) is 42.8 Å². The predicted octanol–water partition coefficient (Wildman–Crippen LogP) is 3.32. The van der Waals surface area contributed by atoms with E-state index in [1.54, 1.807) is 0 Å². The zero-order chi connectivity index (χ0) is 16.2. The van der Waals surface area contributed by atoms with E-state index in [0.717, 1.165) is 37.4 Å². The summed E-state index contributed by atoms with van der Waals surface area (Å²) in [7, 11) is 2.08. The Kier molecular flexibility index (Phi) is 5.37. The topological polar surface area (TPSA) is 49.5 Å². The Balaban J connectivity index is 1.85. The molecule has 0 amide bonds. The smallest absolute Gasteiger partial charge is 0.133 e. The summed E-state index contributed by atoms with van der Waals surface area (Å²) in [4.78, 5) is 2.21. The number of aryl methyl sites for hydroxylation is 2. The predicted molar refractivity (Wildman–Crippen MR) is 87.5 cm³/mol. The van der Waals surface area contributed by atoms with Crippen LogP contribution >= 0.6 is 0 Å². The summed E-state index contributed by atoms with van der Waals surface area (Å²) in [6.07, 6.45) is 1.68. The number of hydrogen-bond acceptors (Lipinski definition) is 4. The molecule has 0 spiro atoms.